The van der Waals surface area contributed by atoms with Crippen LogP contribution in [0.4, 0.5) is 5.13 Å². The fourth-order valence-corrected chi connectivity index (χ4v) is 3.14. The summed E-state index contributed by atoms with van der Waals surface area (Å²) in [5, 5.41) is 2.92. The average Bonchev–Trinajstić information content (AvgIpc) is 3.09. The Morgan fingerprint density at radius 2 is 2.17 bits per heavy atom. The van der Waals surface area contributed by atoms with Gasteiger partial charge in [0.1, 0.15) is 0 Å². The van der Waals surface area contributed by atoms with E-state index in [0.717, 1.165) is 30.1 Å². The molecule has 2 heterocycles. The minimum absolute atomic E-state index is 0.0430. The molecule has 1 atom stereocenters. The molecule has 0 N–H and O–H groups in total. The van der Waals surface area contributed by atoms with Crippen molar-refractivity contribution in [2.75, 3.05) is 11.4 Å². The molecule has 0 bridgehead atoms. The Labute approximate surface area is 110 Å². The second-order valence-electron chi connectivity index (χ2n) is 4.40. The van der Waals surface area contributed by atoms with E-state index in [-0.39, 0.29) is 11.8 Å². The van der Waals surface area contributed by atoms with Crippen molar-refractivity contribution < 1.29 is 4.79 Å². The lowest BCUT2D eigenvalue weighted by Crippen LogP contribution is -2.36. The zero-order valence-electron chi connectivity index (χ0n) is 9.95. The van der Waals surface area contributed by atoms with Crippen LogP contribution in [-0.4, -0.2) is 23.4 Å². The van der Waals surface area contributed by atoms with Crippen LogP contribution in [0.25, 0.3) is 0 Å². The summed E-state index contributed by atoms with van der Waals surface area (Å²) in [4.78, 5) is 18.9. The molecule has 3 rings (SSSR count). The number of carbonyl (C=O) groups is 1. The predicted octanol–water partition coefficient (Wildman–Crippen LogP) is 2.99. The van der Waals surface area contributed by atoms with E-state index in [4.69, 9.17) is 0 Å². The Kier molecular flexibility index (Phi) is 3.11. The minimum atomic E-state index is -0.0430. The summed E-state index contributed by atoms with van der Waals surface area (Å²) in [5.74, 6) is 0.211. The number of benzene rings is 1. The first-order valence-corrected chi connectivity index (χ1v) is 6.99. The summed E-state index contributed by atoms with van der Waals surface area (Å²) in [6.07, 6.45) is 3.78. The number of rotatable bonds is 3. The largest absolute Gasteiger partial charge is 0.338 e. The van der Waals surface area contributed by atoms with Crippen LogP contribution in [0.2, 0.25) is 0 Å². The molecule has 1 fully saturated rings. The topological polar surface area (TPSA) is 33.2 Å². The van der Waals surface area contributed by atoms with Crippen LogP contribution in [0, 0.1) is 0 Å². The quantitative estimate of drug-likeness (QED) is 0.793. The van der Waals surface area contributed by atoms with Crippen molar-refractivity contribution in [1.29, 1.82) is 0 Å². The van der Waals surface area contributed by atoms with E-state index >= 15 is 0 Å². The lowest BCUT2D eigenvalue weighted by molar-refractivity contribution is 0.0962. The fraction of sp³-hybridized carbons (Fsp3) is 0.286. The molecule has 92 valence electrons. The van der Waals surface area contributed by atoms with Gasteiger partial charge >= 0.3 is 0 Å². The standard InChI is InChI=1S/C14H14N2OS/c17-13(11-5-2-1-3-6-11)12-7-4-9-16(12)14-15-8-10-18-14/h1-3,5-6,8,10,12H,4,7,9H2. The summed E-state index contributed by atoms with van der Waals surface area (Å²) < 4.78 is 0. The molecular weight excluding hydrogens is 244 g/mol. The van der Waals surface area contributed by atoms with Crippen LogP contribution in [-0.2, 0) is 0 Å². The van der Waals surface area contributed by atoms with E-state index in [1.165, 1.54) is 0 Å². The van der Waals surface area contributed by atoms with Crippen molar-refractivity contribution in [1.82, 2.24) is 4.98 Å². The molecule has 3 nitrogen and oxygen atoms in total. The van der Waals surface area contributed by atoms with Gasteiger partial charge in [-0.1, -0.05) is 30.3 Å². The van der Waals surface area contributed by atoms with Crippen LogP contribution >= 0.6 is 11.3 Å². The second kappa shape index (κ2) is 4.90. The normalized spacial score (nSPS) is 19.1. The maximum Gasteiger partial charge on any atom is 0.185 e. The van der Waals surface area contributed by atoms with Crippen molar-refractivity contribution >= 4 is 22.3 Å². The van der Waals surface area contributed by atoms with Crippen LogP contribution in [0.3, 0.4) is 0 Å². The number of hydrogen-bond acceptors (Lipinski definition) is 4. The van der Waals surface area contributed by atoms with E-state index in [9.17, 15) is 4.79 Å². The van der Waals surface area contributed by atoms with Crippen LogP contribution in [0.5, 0.6) is 0 Å². The third-order valence-corrected chi connectivity index (χ3v) is 4.09. The Balaban J connectivity index is 1.85. The van der Waals surface area contributed by atoms with Gasteiger partial charge in [0.05, 0.1) is 6.04 Å². The highest BCUT2D eigenvalue weighted by atomic mass is 32.1. The summed E-state index contributed by atoms with van der Waals surface area (Å²) in [7, 11) is 0. The second-order valence-corrected chi connectivity index (χ2v) is 5.27. The summed E-state index contributed by atoms with van der Waals surface area (Å²) >= 11 is 1.60. The lowest BCUT2D eigenvalue weighted by Gasteiger charge is -2.22. The van der Waals surface area contributed by atoms with Gasteiger partial charge in [-0.2, -0.15) is 0 Å². The molecule has 0 amide bonds. The van der Waals surface area contributed by atoms with Crippen molar-refractivity contribution in [3.63, 3.8) is 0 Å². The zero-order chi connectivity index (χ0) is 12.4. The van der Waals surface area contributed by atoms with Crippen LogP contribution in [0.1, 0.15) is 23.2 Å². The number of ketones is 1. The molecule has 1 saturated heterocycles. The van der Waals surface area contributed by atoms with E-state index in [2.05, 4.69) is 9.88 Å². The number of carbonyl (C=O) groups excluding carboxylic acids is 1. The van der Waals surface area contributed by atoms with Gasteiger partial charge in [0.15, 0.2) is 10.9 Å². The van der Waals surface area contributed by atoms with E-state index in [0.29, 0.717) is 0 Å². The van der Waals surface area contributed by atoms with Crippen LogP contribution < -0.4 is 4.90 Å². The molecule has 1 aromatic carbocycles. The summed E-state index contributed by atoms with van der Waals surface area (Å²) in [6, 6.07) is 9.50. The van der Waals surface area contributed by atoms with Gasteiger partial charge < -0.3 is 4.90 Å². The molecule has 0 spiro atoms. The zero-order valence-corrected chi connectivity index (χ0v) is 10.8. The maximum atomic E-state index is 12.5. The van der Waals surface area contributed by atoms with Gasteiger partial charge in [0, 0.05) is 23.7 Å². The van der Waals surface area contributed by atoms with Gasteiger partial charge in [-0.25, -0.2) is 4.98 Å². The smallest absolute Gasteiger partial charge is 0.185 e. The highest BCUT2D eigenvalue weighted by Gasteiger charge is 2.32. The Bertz CT molecular complexity index is 524. The third-order valence-electron chi connectivity index (χ3n) is 3.28. The minimum Gasteiger partial charge on any atom is -0.338 e. The highest BCUT2D eigenvalue weighted by molar-refractivity contribution is 7.13. The van der Waals surface area contributed by atoms with Gasteiger partial charge in [-0.3, -0.25) is 4.79 Å². The molecule has 1 aliphatic heterocycles. The predicted molar refractivity (Wildman–Crippen MR) is 73.3 cm³/mol. The number of Topliss-reactive ketones (excluding diaryl/α,β-unsaturated/α-hetero) is 1. The molecule has 18 heavy (non-hydrogen) atoms. The summed E-state index contributed by atoms with van der Waals surface area (Å²) in [5.41, 5.74) is 0.797. The Morgan fingerprint density at radius 1 is 1.33 bits per heavy atom. The molecule has 2 aromatic rings. The fourth-order valence-electron chi connectivity index (χ4n) is 2.42. The molecule has 0 saturated carbocycles. The monoisotopic (exact) mass is 258 g/mol. The first kappa shape index (κ1) is 11.4. The number of aromatic nitrogens is 1. The van der Waals surface area contributed by atoms with E-state index < -0.39 is 0 Å². The first-order valence-electron chi connectivity index (χ1n) is 6.11. The Morgan fingerprint density at radius 3 is 2.89 bits per heavy atom. The molecule has 4 heteroatoms. The maximum absolute atomic E-state index is 12.5. The highest BCUT2D eigenvalue weighted by Crippen LogP contribution is 2.28. The molecular formula is C14H14N2OS. The Hall–Kier alpha value is -1.68. The van der Waals surface area contributed by atoms with E-state index in [1.807, 2.05) is 35.7 Å². The first-order chi connectivity index (χ1) is 8.86. The summed E-state index contributed by atoms with van der Waals surface area (Å²) in [6.45, 7) is 0.927. The SMILES string of the molecule is O=C(c1ccccc1)C1CCCN1c1nccs1. The van der Waals surface area contributed by atoms with Crippen molar-refractivity contribution in [2.24, 2.45) is 0 Å². The van der Waals surface area contributed by atoms with Gasteiger partial charge in [-0.05, 0) is 12.8 Å². The lowest BCUT2D eigenvalue weighted by atomic mass is 10.0. The van der Waals surface area contributed by atoms with Crippen LogP contribution in [0.15, 0.2) is 41.9 Å². The van der Waals surface area contributed by atoms with Gasteiger partial charge in [-0.15, -0.1) is 11.3 Å². The van der Waals surface area contributed by atoms with E-state index in [1.54, 1.807) is 17.5 Å². The molecule has 0 radical (unpaired) electrons. The van der Waals surface area contributed by atoms with Gasteiger partial charge in [0.2, 0.25) is 0 Å². The van der Waals surface area contributed by atoms with Gasteiger partial charge in [0.25, 0.3) is 0 Å². The number of anilines is 1. The average molecular weight is 258 g/mol. The molecule has 1 unspecified atom stereocenters. The number of nitrogens with zero attached hydrogens (tertiary/aromatic N) is 2. The third kappa shape index (κ3) is 2.04. The number of thiazole rings is 1. The number of hydrogen-bond donors (Lipinski definition) is 0. The van der Waals surface area contributed by atoms with Crippen molar-refractivity contribution in [3.05, 3.63) is 47.5 Å². The van der Waals surface area contributed by atoms with Crippen molar-refractivity contribution in [3.8, 4) is 0 Å². The molecule has 1 aliphatic rings. The molecule has 0 aliphatic carbocycles. The van der Waals surface area contributed by atoms with Crippen molar-refractivity contribution in [2.45, 2.75) is 18.9 Å². The molecule has 1 aromatic heterocycles.